The number of hydrogen-bond acceptors (Lipinski definition) is 4. The zero-order valence-electron chi connectivity index (χ0n) is 21.0. The minimum atomic E-state index is -2.05. The van der Waals surface area contributed by atoms with E-state index in [1.165, 1.54) is 0 Å². The Kier molecular flexibility index (Phi) is 8.58. The molecule has 1 amide bonds. The number of carboxylic acids is 1. The average molecular weight is 460 g/mol. The van der Waals surface area contributed by atoms with Crippen LogP contribution >= 0.6 is 0 Å². The summed E-state index contributed by atoms with van der Waals surface area (Å²) < 4.78 is 12.6. The van der Waals surface area contributed by atoms with E-state index in [-0.39, 0.29) is 28.1 Å². The first-order chi connectivity index (χ1) is 13.3. The van der Waals surface area contributed by atoms with Crippen molar-refractivity contribution in [3.63, 3.8) is 0 Å². The minimum absolute atomic E-state index is 0.0320. The molecule has 0 unspecified atom stereocenters. The van der Waals surface area contributed by atoms with E-state index < -0.39 is 34.4 Å². The molecule has 0 saturated carbocycles. The Hall–Kier alpha value is -0.706. The summed E-state index contributed by atoms with van der Waals surface area (Å²) in [6.45, 7) is 24.2. The van der Waals surface area contributed by atoms with Crippen LogP contribution in [0.4, 0.5) is 0 Å². The van der Waals surface area contributed by atoms with Gasteiger partial charge in [0.1, 0.15) is 0 Å². The number of nitrogens with one attached hydrogen (secondary N) is 1. The van der Waals surface area contributed by atoms with Crippen molar-refractivity contribution in [1.82, 2.24) is 5.32 Å². The molecular formula is C22H45NO5Si2. The van der Waals surface area contributed by atoms with Crippen LogP contribution in [0.5, 0.6) is 0 Å². The van der Waals surface area contributed by atoms with Crippen molar-refractivity contribution in [2.24, 2.45) is 11.8 Å². The number of rotatable bonds is 10. The second-order valence-corrected chi connectivity index (χ2v) is 21.4. The molecule has 0 bridgehead atoms. The lowest BCUT2D eigenvalue weighted by Gasteiger charge is -2.47. The Morgan fingerprint density at radius 2 is 1.57 bits per heavy atom. The normalized spacial score (nSPS) is 22.8. The molecule has 1 aliphatic rings. The second kappa shape index (κ2) is 9.42. The molecule has 0 aromatic carbocycles. The molecule has 1 rings (SSSR count). The molecule has 0 aromatic heterocycles. The first kappa shape index (κ1) is 27.3. The topological polar surface area (TPSA) is 84.9 Å². The van der Waals surface area contributed by atoms with Gasteiger partial charge in [0.25, 0.3) is 0 Å². The van der Waals surface area contributed by atoms with Crippen molar-refractivity contribution < 1.29 is 23.5 Å². The SMILES string of the molecule is C[C@@H](O[Si](C)(C)C(C)(C)C)[C@H]1C(=O)N[C@@H]1[C@@H](CCCO[Si](C)(C)C(C)(C)C)C(=O)O. The lowest BCUT2D eigenvalue weighted by Crippen LogP contribution is -2.67. The maximum absolute atomic E-state index is 12.3. The summed E-state index contributed by atoms with van der Waals surface area (Å²) in [7, 11) is -3.89. The third-order valence-electron chi connectivity index (χ3n) is 7.47. The third-order valence-corrected chi connectivity index (χ3v) is 16.6. The van der Waals surface area contributed by atoms with Crippen molar-refractivity contribution in [3.8, 4) is 0 Å². The van der Waals surface area contributed by atoms with Gasteiger partial charge in [-0.2, -0.15) is 0 Å². The number of carboxylic acid groups (broad SMARTS) is 1. The summed E-state index contributed by atoms with van der Waals surface area (Å²) in [6, 6.07) is -0.386. The van der Waals surface area contributed by atoms with Gasteiger partial charge in [0.05, 0.1) is 24.0 Å². The van der Waals surface area contributed by atoms with Crippen molar-refractivity contribution in [3.05, 3.63) is 0 Å². The highest BCUT2D eigenvalue weighted by molar-refractivity contribution is 6.74. The number of hydrogen-bond donors (Lipinski definition) is 2. The fourth-order valence-corrected chi connectivity index (χ4v) is 5.81. The van der Waals surface area contributed by atoms with Crippen LogP contribution < -0.4 is 5.32 Å². The number of carbonyl (C=O) groups is 2. The van der Waals surface area contributed by atoms with Crippen molar-refractivity contribution in [2.75, 3.05) is 6.61 Å². The lowest BCUT2D eigenvalue weighted by atomic mass is 9.76. The van der Waals surface area contributed by atoms with Gasteiger partial charge in [0, 0.05) is 6.61 Å². The molecule has 4 atom stereocenters. The molecule has 2 N–H and O–H groups in total. The van der Waals surface area contributed by atoms with Gasteiger partial charge in [-0.25, -0.2) is 0 Å². The molecule has 0 spiro atoms. The van der Waals surface area contributed by atoms with E-state index in [4.69, 9.17) is 8.85 Å². The molecule has 30 heavy (non-hydrogen) atoms. The molecule has 1 saturated heterocycles. The van der Waals surface area contributed by atoms with Gasteiger partial charge in [-0.05, 0) is 56.0 Å². The van der Waals surface area contributed by atoms with Crippen LogP contribution in [0, 0.1) is 11.8 Å². The molecular weight excluding hydrogens is 414 g/mol. The van der Waals surface area contributed by atoms with Gasteiger partial charge in [-0.15, -0.1) is 0 Å². The largest absolute Gasteiger partial charge is 0.481 e. The highest BCUT2D eigenvalue weighted by Gasteiger charge is 2.51. The van der Waals surface area contributed by atoms with Gasteiger partial charge in [-0.1, -0.05) is 41.5 Å². The Bertz CT molecular complexity index is 622. The zero-order valence-corrected chi connectivity index (χ0v) is 23.0. The average Bonchev–Trinajstić information content (AvgIpc) is 2.49. The monoisotopic (exact) mass is 459 g/mol. The van der Waals surface area contributed by atoms with Crippen LogP contribution in [-0.2, 0) is 18.4 Å². The Morgan fingerprint density at radius 1 is 1.07 bits per heavy atom. The van der Waals surface area contributed by atoms with E-state index in [9.17, 15) is 14.7 Å². The standard InChI is InChI=1S/C22H45NO5Si2/c1-15(28-30(10,11)22(5,6)7)17-18(23-19(17)24)16(20(25)26)13-12-14-27-29(8,9)21(2,3)4/h15-18H,12-14H2,1-11H3,(H,23,24)(H,25,26)/t15-,16-,17-,18-/m1/s1. The van der Waals surface area contributed by atoms with Gasteiger partial charge >= 0.3 is 5.97 Å². The summed E-state index contributed by atoms with van der Waals surface area (Å²) in [5.74, 6) is -2.01. The van der Waals surface area contributed by atoms with E-state index in [0.29, 0.717) is 19.4 Å². The maximum Gasteiger partial charge on any atom is 0.308 e. The Balaban J connectivity index is 2.76. The summed E-state index contributed by atoms with van der Waals surface area (Å²) >= 11 is 0. The maximum atomic E-state index is 12.3. The highest BCUT2D eigenvalue weighted by Crippen LogP contribution is 2.40. The van der Waals surface area contributed by atoms with E-state index in [0.717, 1.165) is 0 Å². The third kappa shape index (κ3) is 6.40. The molecule has 0 aliphatic carbocycles. The fraction of sp³-hybridized carbons (Fsp3) is 0.909. The van der Waals surface area contributed by atoms with Crippen LogP contribution in [0.25, 0.3) is 0 Å². The number of carbonyl (C=O) groups excluding carboxylic acids is 1. The van der Waals surface area contributed by atoms with Crippen molar-refractivity contribution in [2.45, 2.75) is 110 Å². The number of β-lactam (4-membered cyclic amide) rings is 1. The summed E-state index contributed by atoms with van der Waals surface area (Å²) in [6.07, 6.45) is 0.855. The van der Waals surface area contributed by atoms with E-state index in [1.807, 2.05) is 6.92 Å². The lowest BCUT2D eigenvalue weighted by molar-refractivity contribution is -0.152. The predicted molar refractivity (Wildman–Crippen MR) is 127 cm³/mol. The molecule has 176 valence electrons. The summed E-state index contributed by atoms with van der Waals surface area (Å²) in [5.41, 5.74) is 0. The summed E-state index contributed by atoms with van der Waals surface area (Å²) in [5, 5.41) is 12.8. The summed E-state index contributed by atoms with van der Waals surface area (Å²) in [4.78, 5) is 24.3. The van der Waals surface area contributed by atoms with Crippen molar-refractivity contribution >= 4 is 28.5 Å². The number of amides is 1. The molecule has 0 aromatic rings. The molecule has 6 nitrogen and oxygen atoms in total. The highest BCUT2D eigenvalue weighted by atomic mass is 28.4. The first-order valence-corrected chi connectivity index (χ1v) is 17.0. The molecule has 8 heteroatoms. The van der Waals surface area contributed by atoms with Crippen LogP contribution in [-0.4, -0.2) is 52.4 Å². The van der Waals surface area contributed by atoms with Crippen molar-refractivity contribution in [1.29, 1.82) is 0 Å². The number of aliphatic carboxylic acids is 1. The zero-order chi connectivity index (χ0) is 23.7. The van der Waals surface area contributed by atoms with E-state index in [1.54, 1.807) is 0 Å². The van der Waals surface area contributed by atoms with Gasteiger partial charge < -0.3 is 19.3 Å². The predicted octanol–water partition coefficient (Wildman–Crippen LogP) is 5.01. The quantitative estimate of drug-likeness (QED) is 0.272. The molecule has 1 heterocycles. The van der Waals surface area contributed by atoms with E-state index >= 15 is 0 Å². The fourth-order valence-electron chi connectivity index (χ4n) is 3.29. The first-order valence-electron chi connectivity index (χ1n) is 11.2. The van der Waals surface area contributed by atoms with Crippen LogP contribution in [0.2, 0.25) is 36.3 Å². The van der Waals surface area contributed by atoms with Gasteiger partial charge in [0.2, 0.25) is 5.91 Å². The van der Waals surface area contributed by atoms with Gasteiger partial charge in [0.15, 0.2) is 16.6 Å². The Labute approximate surface area is 185 Å². The molecule has 1 aliphatic heterocycles. The second-order valence-electron chi connectivity index (χ2n) is 11.8. The van der Waals surface area contributed by atoms with Crippen LogP contribution in [0.15, 0.2) is 0 Å². The van der Waals surface area contributed by atoms with Crippen LogP contribution in [0.1, 0.15) is 61.3 Å². The van der Waals surface area contributed by atoms with Gasteiger partial charge in [-0.3, -0.25) is 9.59 Å². The minimum Gasteiger partial charge on any atom is -0.481 e. The Morgan fingerprint density at radius 3 is 1.97 bits per heavy atom. The van der Waals surface area contributed by atoms with Crippen LogP contribution in [0.3, 0.4) is 0 Å². The van der Waals surface area contributed by atoms with E-state index in [2.05, 4.69) is 73.0 Å². The molecule has 0 radical (unpaired) electrons. The molecule has 1 fully saturated rings. The smallest absolute Gasteiger partial charge is 0.308 e.